The van der Waals surface area contributed by atoms with Gasteiger partial charge in [0.1, 0.15) is 5.75 Å². The van der Waals surface area contributed by atoms with Gasteiger partial charge in [0, 0.05) is 11.1 Å². The summed E-state index contributed by atoms with van der Waals surface area (Å²) >= 11 is 0. The maximum absolute atomic E-state index is 15.0. The second-order valence-corrected chi connectivity index (χ2v) is 10.1. The van der Waals surface area contributed by atoms with Crippen LogP contribution in [-0.4, -0.2) is 13.2 Å². The lowest BCUT2D eigenvalue weighted by molar-refractivity contribution is 0.307. The van der Waals surface area contributed by atoms with Gasteiger partial charge in [0.15, 0.2) is 23.2 Å². The van der Waals surface area contributed by atoms with Crippen molar-refractivity contribution in [2.75, 3.05) is 13.2 Å². The van der Waals surface area contributed by atoms with E-state index < -0.39 is 11.6 Å². The number of allylic oxidation sites excluding steroid dienone is 1. The summed E-state index contributed by atoms with van der Waals surface area (Å²) < 4.78 is 55.5. The predicted molar refractivity (Wildman–Crippen MR) is 153 cm³/mol. The molecule has 0 radical (unpaired) electrons. The number of hydrogen-bond donors (Lipinski definition) is 0. The van der Waals surface area contributed by atoms with Crippen LogP contribution >= 0.6 is 0 Å². The molecule has 0 atom stereocenters. The molecule has 206 valence electrons. The molecule has 39 heavy (non-hydrogen) atoms. The van der Waals surface area contributed by atoms with E-state index in [0.29, 0.717) is 25.2 Å². The van der Waals surface area contributed by atoms with E-state index in [2.05, 4.69) is 13.5 Å². The van der Waals surface area contributed by atoms with Crippen LogP contribution in [0, 0.1) is 23.4 Å². The first kappa shape index (κ1) is 28.5. The minimum absolute atomic E-state index is 0.231. The third-order valence-corrected chi connectivity index (χ3v) is 7.37. The maximum atomic E-state index is 15.0. The molecule has 4 rings (SSSR count). The van der Waals surface area contributed by atoms with Crippen LogP contribution in [0.3, 0.4) is 0 Å². The van der Waals surface area contributed by atoms with Crippen molar-refractivity contribution in [3.8, 4) is 22.6 Å². The number of rotatable bonds is 12. The molecule has 1 saturated carbocycles. The number of benzene rings is 3. The molecule has 0 heterocycles. The van der Waals surface area contributed by atoms with Crippen molar-refractivity contribution in [1.82, 2.24) is 0 Å². The van der Waals surface area contributed by atoms with Crippen LogP contribution in [0.15, 0.2) is 73.3 Å². The molecule has 0 N–H and O–H groups in total. The van der Waals surface area contributed by atoms with Gasteiger partial charge in [-0.05, 0) is 85.8 Å². The fourth-order valence-corrected chi connectivity index (χ4v) is 5.01. The smallest absolute Gasteiger partial charge is 0.167 e. The van der Waals surface area contributed by atoms with Gasteiger partial charge in [-0.25, -0.2) is 13.2 Å². The summed E-state index contributed by atoms with van der Waals surface area (Å²) in [7, 11) is 0. The Morgan fingerprint density at radius 3 is 2.33 bits per heavy atom. The van der Waals surface area contributed by atoms with Crippen molar-refractivity contribution in [3.05, 3.63) is 102 Å². The molecular weight excluding hydrogens is 497 g/mol. The highest BCUT2D eigenvalue weighted by Gasteiger charge is 2.22. The zero-order chi connectivity index (χ0) is 27.6. The average molecular weight is 535 g/mol. The first-order valence-corrected chi connectivity index (χ1v) is 13.9. The molecule has 3 aromatic rings. The molecule has 1 aliphatic rings. The van der Waals surface area contributed by atoms with Crippen molar-refractivity contribution in [1.29, 1.82) is 0 Å². The molecule has 5 heteroatoms. The molecule has 0 saturated heterocycles. The fraction of sp³-hybridized carbons (Fsp3) is 0.353. The topological polar surface area (TPSA) is 18.5 Å². The van der Waals surface area contributed by atoms with Crippen LogP contribution < -0.4 is 9.47 Å². The summed E-state index contributed by atoms with van der Waals surface area (Å²) in [5.74, 6) is -0.483. The Kier molecular flexibility index (Phi) is 10.3. The lowest BCUT2D eigenvalue weighted by Gasteiger charge is -2.27. The first-order chi connectivity index (χ1) is 19.0. The standard InChI is InChI=1S/C34H37F3O2/c1-3-5-21-38-29-17-13-26(14-18-29)30-19-15-27(33(36)34(30)37)12-9-24-7-10-25(11-8-24)28-16-20-32(31(35)23-28)39-22-6-4-2/h4,9,12-20,23-25H,2-3,5-8,10-11,21-22H2,1H3/b12-9+. The SMILES string of the molecule is C=CCCOc1ccc(C2CCC(/C=C/c3ccc(-c4ccc(OCCCC)cc4)c(F)c3F)CC2)cc1F. The van der Waals surface area contributed by atoms with Crippen molar-refractivity contribution in [2.24, 2.45) is 5.92 Å². The van der Waals surface area contributed by atoms with E-state index in [0.717, 1.165) is 49.8 Å². The summed E-state index contributed by atoms with van der Waals surface area (Å²) in [6.45, 7) is 6.79. The Hall–Kier alpha value is -3.47. The van der Waals surface area contributed by atoms with Crippen LogP contribution in [-0.2, 0) is 0 Å². The van der Waals surface area contributed by atoms with E-state index in [4.69, 9.17) is 9.47 Å². The number of ether oxygens (including phenoxy) is 2. The lowest BCUT2D eigenvalue weighted by atomic mass is 9.78. The molecular formula is C34H37F3O2. The van der Waals surface area contributed by atoms with Gasteiger partial charge < -0.3 is 9.47 Å². The van der Waals surface area contributed by atoms with Gasteiger partial charge in [0.05, 0.1) is 13.2 Å². The second-order valence-electron chi connectivity index (χ2n) is 10.1. The highest BCUT2D eigenvalue weighted by Crippen LogP contribution is 2.38. The van der Waals surface area contributed by atoms with E-state index in [1.807, 2.05) is 12.1 Å². The Morgan fingerprint density at radius 2 is 1.64 bits per heavy atom. The van der Waals surface area contributed by atoms with Crippen LogP contribution in [0.5, 0.6) is 11.5 Å². The first-order valence-electron chi connectivity index (χ1n) is 13.9. The van der Waals surface area contributed by atoms with Gasteiger partial charge in [-0.2, -0.15) is 0 Å². The van der Waals surface area contributed by atoms with Gasteiger partial charge in [0.25, 0.3) is 0 Å². The van der Waals surface area contributed by atoms with Crippen molar-refractivity contribution in [3.63, 3.8) is 0 Å². The number of halogens is 3. The van der Waals surface area contributed by atoms with E-state index >= 15 is 0 Å². The molecule has 0 unspecified atom stereocenters. The summed E-state index contributed by atoms with van der Waals surface area (Å²) in [4.78, 5) is 0. The number of unbranched alkanes of at least 4 members (excludes halogenated alkanes) is 1. The molecule has 2 nitrogen and oxygen atoms in total. The largest absolute Gasteiger partial charge is 0.494 e. The summed E-state index contributed by atoms with van der Waals surface area (Å²) in [6.07, 6.45) is 11.8. The normalized spacial score (nSPS) is 17.3. The molecule has 1 fully saturated rings. The quantitative estimate of drug-likeness (QED) is 0.170. The average Bonchev–Trinajstić information content (AvgIpc) is 2.96. The third-order valence-electron chi connectivity index (χ3n) is 7.37. The summed E-state index contributed by atoms with van der Waals surface area (Å²) in [5.41, 5.74) is 2.06. The van der Waals surface area contributed by atoms with Crippen LogP contribution in [0.4, 0.5) is 13.2 Å². The predicted octanol–water partition coefficient (Wildman–Crippen LogP) is 9.89. The minimum atomic E-state index is -0.848. The van der Waals surface area contributed by atoms with Crippen molar-refractivity contribution < 1.29 is 22.6 Å². The van der Waals surface area contributed by atoms with E-state index in [9.17, 15) is 13.2 Å². The van der Waals surface area contributed by atoms with Gasteiger partial charge in [-0.15, -0.1) is 6.58 Å². The van der Waals surface area contributed by atoms with Crippen LogP contribution in [0.25, 0.3) is 17.2 Å². The molecule has 1 aliphatic carbocycles. The summed E-state index contributed by atoms with van der Waals surface area (Å²) in [6, 6.07) is 15.6. The van der Waals surface area contributed by atoms with Gasteiger partial charge >= 0.3 is 0 Å². The van der Waals surface area contributed by atoms with E-state index in [-0.39, 0.29) is 34.5 Å². The maximum Gasteiger partial charge on any atom is 0.167 e. The van der Waals surface area contributed by atoms with E-state index in [1.165, 1.54) is 0 Å². The van der Waals surface area contributed by atoms with Crippen molar-refractivity contribution in [2.45, 2.75) is 57.8 Å². The number of hydrogen-bond acceptors (Lipinski definition) is 2. The zero-order valence-corrected chi connectivity index (χ0v) is 22.6. The molecule has 0 amide bonds. The van der Waals surface area contributed by atoms with Gasteiger partial charge in [0.2, 0.25) is 0 Å². The van der Waals surface area contributed by atoms with Gasteiger partial charge in [-0.1, -0.05) is 61.9 Å². The highest BCUT2D eigenvalue weighted by atomic mass is 19.2. The Morgan fingerprint density at radius 1 is 0.872 bits per heavy atom. The monoisotopic (exact) mass is 534 g/mol. The Labute approximate surface area is 230 Å². The molecule has 0 spiro atoms. The fourth-order valence-electron chi connectivity index (χ4n) is 5.01. The second kappa shape index (κ2) is 14.1. The lowest BCUT2D eigenvalue weighted by Crippen LogP contribution is -2.12. The molecule has 0 bridgehead atoms. The third kappa shape index (κ3) is 7.56. The minimum Gasteiger partial charge on any atom is -0.494 e. The molecule has 0 aliphatic heterocycles. The summed E-state index contributed by atoms with van der Waals surface area (Å²) in [5, 5.41) is 0. The van der Waals surface area contributed by atoms with E-state index in [1.54, 1.807) is 60.7 Å². The Balaban J connectivity index is 1.34. The highest BCUT2D eigenvalue weighted by molar-refractivity contribution is 5.67. The van der Waals surface area contributed by atoms with Gasteiger partial charge in [-0.3, -0.25) is 0 Å². The van der Waals surface area contributed by atoms with Crippen molar-refractivity contribution >= 4 is 6.08 Å². The molecule has 0 aromatic heterocycles. The Bertz CT molecular complexity index is 1260. The molecule has 3 aromatic carbocycles. The van der Waals surface area contributed by atoms with Crippen LogP contribution in [0.2, 0.25) is 0 Å². The van der Waals surface area contributed by atoms with Crippen LogP contribution in [0.1, 0.15) is 68.9 Å². The zero-order valence-electron chi connectivity index (χ0n) is 22.6.